The maximum absolute atomic E-state index is 13.5. The van der Waals surface area contributed by atoms with E-state index in [0.717, 1.165) is 22.7 Å². The van der Waals surface area contributed by atoms with Crippen LogP contribution in [0.4, 0.5) is 14.5 Å². The molecule has 0 aliphatic rings. The van der Waals surface area contributed by atoms with E-state index in [9.17, 15) is 13.6 Å². The van der Waals surface area contributed by atoms with Gasteiger partial charge in [0.25, 0.3) is 0 Å². The predicted octanol–water partition coefficient (Wildman–Crippen LogP) is 4.27. The first kappa shape index (κ1) is 15.3. The summed E-state index contributed by atoms with van der Waals surface area (Å²) in [5, 5.41) is 4.81. The number of nitrogens with zero attached hydrogens (tertiary/aromatic N) is 1. The minimum absolute atomic E-state index is 0.0445. The number of hydrogen-bond acceptors (Lipinski definition) is 3. The summed E-state index contributed by atoms with van der Waals surface area (Å²) in [6, 6.07) is 13.0. The molecule has 3 aromatic rings. The second-order valence-corrected chi connectivity index (χ2v) is 5.69. The summed E-state index contributed by atoms with van der Waals surface area (Å²) in [6.45, 7) is 0. The number of amides is 1. The highest BCUT2D eigenvalue weighted by Crippen LogP contribution is 2.24. The number of thiazole rings is 1. The molecule has 3 nitrogen and oxygen atoms in total. The second-order valence-electron chi connectivity index (χ2n) is 4.83. The number of halogens is 2. The van der Waals surface area contributed by atoms with Crippen molar-refractivity contribution in [2.45, 2.75) is 6.42 Å². The monoisotopic (exact) mass is 330 g/mol. The second kappa shape index (κ2) is 6.66. The largest absolute Gasteiger partial charge is 0.321 e. The minimum Gasteiger partial charge on any atom is -0.321 e. The topological polar surface area (TPSA) is 42.0 Å². The van der Waals surface area contributed by atoms with Gasteiger partial charge < -0.3 is 5.32 Å². The maximum atomic E-state index is 13.5. The van der Waals surface area contributed by atoms with Crippen LogP contribution in [0.5, 0.6) is 0 Å². The van der Waals surface area contributed by atoms with Crippen LogP contribution < -0.4 is 5.32 Å². The van der Waals surface area contributed by atoms with Gasteiger partial charge in [0.15, 0.2) is 0 Å². The fraction of sp³-hybridized carbons (Fsp3) is 0.0588. The molecule has 1 amide bonds. The Labute approximate surface area is 135 Å². The Kier molecular flexibility index (Phi) is 4.43. The van der Waals surface area contributed by atoms with Gasteiger partial charge in [-0.15, -0.1) is 11.3 Å². The highest BCUT2D eigenvalue weighted by atomic mass is 32.1. The number of benzene rings is 2. The molecule has 0 spiro atoms. The van der Waals surface area contributed by atoms with Crippen molar-refractivity contribution in [2.75, 3.05) is 5.32 Å². The molecular formula is C17H12F2N2OS. The van der Waals surface area contributed by atoms with E-state index in [1.165, 1.54) is 17.4 Å². The van der Waals surface area contributed by atoms with Crippen molar-refractivity contribution in [1.82, 2.24) is 4.98 Å². The Morgan fingerprint density at radius 1 is 1.04 bits per heavy atom. The predicted molar refractivity (Wildman–Crippen MR) is 86.2 cm³/mol. The number of hydrogen-bond donors (Lipinski definition) is 1. The van der Waals surface area contributed by atoms with Crippen molar-refractivity contribution < 1.29 is 13.6 Å². The molecule has 116 valence electrons. The van der Waals surface area contributed by atoms with Crippen LogP contribution >= 0.6 is 11.3 Å². The molecule has 0 unspecified atom stereocenters. The average Bonchev–Trinajstić information content (AvgIpc) is 3.00. The van der Waals surface area contributed by atoms with Crippen molar-refractivity contribution >= 4 is 22.9 Å². The first-order valence-corrected chi connectivity index (χ1v) is 7.75. The van der Waals surface area contributed by atoms with E-state index in [0.29, 0.717) is 5.69 Å². The first-order valence-electron chi connectivity index (χ1n) is 6.87. The molecule has 1 N–H and O–H groups in total. The molecule has 0 aliphatic heterocycles. The van der Waals surface area contributed by atoms with Gasteiger partial charge >= 0.3 is 0 Å². The van der Waals surface area contributed by atoms with Crippen LogP contribution in [0, 0.1) is 11.6 Å². The normalized spacial score (nSPS) is 10.5. The highest BCUT2D eigenvalue weighted by molar-refractivity contribution is 7.13. The van der Waals surface area contributed by atoms with E-state index < -0.39 is 23.2 Å². The van der Waals surface area contributed by atoms with Crippen molar-refractivity contribution in [1.29, 1.82) is 0 Å². The zero-order valence-corrected chi connectivity index (χ0v) is 12.7. The third-order valence-corrected chi connectivity index (χ3v) is 4.08. The van der Waals surface area contributed by atoms with Gasteiger partial charge in [-0.25, -0.2) is 13.8 Å². The summed E-state index contributed by atoms with van der Waals surface area (Å²) in [7, 11) is 0. The summed E-state index contributed by atoms with van der Waals surface area (Å²) in [5.74, 6) is -2.12. The van der Waals surface area contributed by atoms with Crippen LogP contribution in [0.1, 0.15) is 5.69 Å². The zero-order chi connectivity index (χ0) is 16.2. The molecule has 0 aliphatic carbocycles. The van der Waals surface area contributed by atoms with Crippen molar-refractivity contribution in [3.8, 4) is 10.6 Å². The lowest BCUT2D eigenvalue weighted by Gasteiger charge is -2.06. The van der Waals surface area contributed by atoms with E-state index in [-0.39, 0.29) is 6.42 Å². The minimum atomic E-state index is -0.804. The Morgan fingerprint density at radius 3 is 2.43 bits per heavy atom. The first-order chi connectivity index (χ1) is 11.1. The smallest absolute Gasteiger partial charge is 0.230 e. The Hall–Kier alpha value is -2.60. The zero-order valence-electron chi connectivity index (χ0n) is 11.9. The van der Waals surface area contributed by atoms with Crippen molar-refractivity contribution in [3.63, 3.8) is 0 Å². The number of rotatable bonds is 4. The summed E-state index contributed by atoms with van der Waals surface area (Å²) in [6.07, 6.45) is -0.0445. The molecule has 3 rings (SSSR count). The lowest BCUT2D eigenvalue weighted by molar-refractivity contribution is -0.115. The maximum Gasteiger partial charge on any atom is 0.230 e. The molecule has 0 bridgehead atoms. The van der Waals surface area contributed by atoms with Gasteiger partial charge in [-0.3, -0.25) is 4.79 Å². The molecule has 1 aromatic heterocycles. The van der Waals surface area contributed by atoms with Crippen LogP contribution in [-0.4, -0.2) is 10.9 Å². The highest BCUT2D eigenvalue weighted by Gasteiger charge is 2.14. The van der Waals surface area contributed by atoms with Crippen molar-refractivity contribution in [3.05, 3.63) is 71.2 Å². The van der Waals surface area contributed by atoms with Crippen LogP contribution in [0.2, 0.25) is 0 Å². The number of carbonyl (C=O) groups excluding carboxylic acids is 1. The number of anilines is 1. The van der Waals surface area contributed by atoms with Gasteiger partial charge in [0.2, 0.25) is 5.91 Å². The molecule has 0 saturated carbocycles. The van der Waals surface area contributed by atoms with E-state index in [2.05, 4.69) is 10.3 Å². The molecule has 23 heavy (non-hydrogen) atoms. The molecule has 0 radical (unpaired) electrons. The van der Waals surface area contributed by atoms with E-state index in [1.807, 2.05) is 30.3 Å². The summed E-state index contributed by atoms with van der Waals surface area (Å²) >= 11 is 1.42. The molecule has 0 atom stereocenters. The van der Waals surface area contributed by atoms with E-state index in [4.69, 9.17) is 0 Å². The fourth-order valence-corrected chi connectivity index (χ4v) is 2.89. The van der Waals surface area contributed by atoms with Crippen LogP contribution in [0.15, 0.2) is 53.9 Å². The number of carbonyl (C=O) groups is 1. The Morgan fingerprint density at radius 2 is 1.74 bits per heavy atom. The summed E-state index contributed by atoms with van der Waals surface area (Å²) in [5.41, 5.74) is 1.09. The summed E-state index contributed by atoms with van der Waals surface area (Å²) < 4.78 is 27.0. The molecule has 2 aromatic carbocycles. The molecule has 6 heteroatoms. The quantitative estimate of drug-likeness (QED) is 0.776. The molecule has 0 fully saturated rings. The fourth-order valence-electron chi connectivity index (χ4n) is 2.07. The van der Waals surface area contributed by atoms with Gasteiger partial charge in [0.1, 0.15) is 22.3 Å². The van der Waals surface area contributed by atoms with E-state index in [1.54, 1.807) is 5.38 Å². The van der Waals surface area contributed by atoms with Crippen LogP contribution in [0.3, 0.4) is 0 Å². The number of para-hydroxylation sites is 1. The summed E-state index contributed by atoms with van der Waals surface area (Å²) in [4.78, 5) is 16.3. The van der Waals surface area contributed by atoms with Crippen LogP contribution in [0.25, 0.3) is 10.6 Å². The lowest BCUT2D eigenvalue weighted by Crippen LogP contribution is -2.16. The van der Waals surface area contributed by atoms with Gasteiger partial charge in [0.05, 0.1) is 12.1 Å². The number of aromatic nitrogens is 1. The third kappa shape index (κ3) is 3.60. The molecule has 1 heterocycles. The number of nitrogens with one attached hydrogen (secondary N) is 1. The van der Waals surface area contributed by atoms with Gasteiger partial charge in [-0.05, 0) is 12.1 Å². The molecule has 0 saturated heterocycles. The average molecular weight is 330 g/mol. The van der Waals surface area contributed by atoms with Gasteiger partial charge in [-0.1, -0.05) is 36.4 Å². The molecular weight excluding hydrogens is 318 g/mol. The third-order valence-electron chi connectivity index (χ3n) is 3.14. The van der Waals surface area contributed by atoms with E-state index >= 15 is 0 Å². The standard InChI is InChI=1S/C17H12F2N2OS/c18-13-7-4-8-14(19)16(13)21-15(22)9-12-10-23-17(20-12)11-5-2-1-3-6-11/h1-8,10H,9H2,(H,21,22). The Balaban J connectivity index is 1.70. The Bertz CT molecular complexity index is 813. The van der Waals surface area contributed by atoms with Gasteiger partial charge in [0, 0.05) is 10.9 Å². The van der Waals surface area contributed by atoms with Crippen molar-refractivity contribution in [2.24, 2.45) is 0 Å². The SMILES string of the molecule is O=C(Cc1csc(-c2ccccc2)n1)Nc1c(F)cccc1F. The van der Waals surface area contributed by atoms with Gasteiger partial charge in [-0.2, -0.15) is 0 Å². The van der Waals surface area contributed by atoms with Crippen LogP contribution in [-0.2, 0) is 11.2 Å². The lowest BCUT2D eigenvalue weighted by atomic mass is 10.2.